The third-order valence-electron chi connectivity index (χ3n) is 4.20. The molecule has 0 amide bonds. The molecule has 0 saturated carbocycles. The molecule has 0 spiro atoms. The molecule has 0 fully saturated rings. The number of rotatable bonds is 8. The molecule has 0 aromatic heterocycles. The fraction of sp³-hybridized carbons (Fsp3) is 0.478. The summed E-state index contributed by atoms with van der Waals surface area (Å²) in [7, 11) is 0. The molecule has 24 heavy (non-hydrogen) atoms. The van der Waals surface area contributed by atoms with E-state index in [1.165, 1.54) is 44.1 Å². The van der Waals surface area contributed by atoms with E-state index in [9.17, 15) is 5.11 Å². The molecule has 0 aliphatic rings. The van der Waals surface area contributed by atoms with Crippen LogP contribution in [0, 0.1) is 0 Å². The van der Waals surface area contributed by atoms with Crippen molar-refractivity contribution < 1.29 is 5.11 Å². The summed E-state index contributed by atoms with van der Waals surface area (Å²) in [6, 6.07) is 18.1. The Morgan fingerprint density at radius 1 is 0.792 bits per heavy atom. The van der Waals surface area contributed by atoms with E-state index in [2.05, 4.69) is 32.9 Å². The van der Waals surface area contributed by atoms with Crippen LogP contribution < -0.4 is 0 Å². The molecule has 0 heterocycles. The molecule has 0 aliphatic carbocycles. The number of unbranched alkanes of at least 4 members (excludes halogenated alkanes) is 5. The van der Waals surface area contributed by atoms with Crippen molar-refractivity contribution in [1.29, 1.82) is 0 Å². The van der Waals surface area contributed by atoms with Crippen LogP contribution in [0.1, 0.15) is 76.3 Å². The van der Waals surface area contributed by atoms with Gasteiger partial charge >= 0.3 is 0 Å². The highest BCUT2D eigenvalue weighted by Gasteiger charge is 2.06. The number of benzene rings is 2. The van der Waals surface area contributed by atoms with Crippen LogP contribution in [-0.4, -0.2) is 5.11 Å². The van der Waals surface area contributed by atoms with E-state index < -0.39 is 0 Å². The lowest BCUT2D eigenvalue weighted by atomic mass is 9.97. The normalized spacial score (nSPS) is 10.3. The Kier molecular flexibility index (Phi) is 10.7. The summed E-state index contributed by atoms with van der Waals surface area (Å²) in [5, 5.41) is 9.77. The van der Waals surface area contributed by atoms with Crippen molar-refractivity contribution in [3.63, 3.8) is 0 Å². The quantitative estimate of drug-likeness (QED) is 0.513. The van der Waals surface area contributed by atoms with Crippen LogP contribution in [0.5, 0.6) is 5.75 Å². The Morgan fingerprint density at radius 2 is 1.33 bits per heavy atom. The van der Waals surface area contributed by atoms with Crippen LogP contribution in [0.2, 0.25) is 0 Å². The zero-order chi connectivity index (χ0) is 17.6. The minimum Gasteiger partial charge on any atom is -0.508 e. The Morgan fingerprint density at radius 3 is 1.88 bits per heavy atom. The molecule has 0 aliphatic heterocycles. The van der Waals surface area contributed by atoms with Gasteiger partial charge in [-0.2, -0.15) is 0 Å². The summed E-state index contributed by atoms with van der Waals surface area (Å²) in [6.45, 7) is 6.51. The van der Waals surface area contributed by atoms with Crippen molar-refractivity contribution in [3.05, 3.63) is 65.7 Å². The average Bonchev–Trinajstić information content (AvgIpc) is 2.61. The van der Waals surface area contributed by atoms with Gasteiger partial charge in [-0.1, -0.05) is 101 Å². The molecule has 1 N–H and O–H groups in total. The molecule has 0 unspecified atom stereocenters. The van der Waals surface area contributed by atoms with E-state index >= 15 is 0 Å². The molecule has 0 saturated heterocycles. The van der Waals surface area contributed by atoms with Crippen LogP contribution in [0.15, 0.2) is 54.6 Å². The molecular weight excluding hydrogens is 292 g/mol. The molecule has 0 radical (unpaired) electrons. The standard InChI is InChI=1S/C17H28O.C6H6/c1-4-5-6-7-8-9-10-15-11-12-17(18)16(13-15)14(2)3;1-2-4-6-5-3-1/h11-14,18H,4-10H2,1-3H3;1-6H. The Bertz CT molecular complexity index is 504. The highest BCUT2D eigenvalue weighted by atomic mass is 16.3. The Labute approximate surface area is 148 Å². The van der Waals surface area contributed by atoms with Crippen molar-refractivity contribution in [2.75, 3.05) is 0 Å². The topological polar surface area (TPSA) is 20.2 Å². The predicted molar refractivity (Wildman–Crippen MR) is 106 cm³/mol. The first-order valence-electron chi connectivity index (χ1n) is 9.47. The van der Waals surface area contributed by atoms with Crippen molar-refractivity contribution in [2.45, 2.75) is 71.6 Å². The van der Waals surface area contributed by atoms with Gasteiger partial charge in [0.1, 0.15) is 5.75 Å². The second-order valence-corrected chi connectivity index (χ2v) is 6.72. The van der Waals surface area contributed by atoms with E-state index in [0.717, 1.165) is 12.0 Å². The van der Waals surface area contributed by atoms with Crippen LogP contribution in [0.25, 0.3) is 0 Å². The fourth-order valence-electron chi connectivity index (χ4n) is 2.72. The zero-order valence-electron chi connectivity index (χ0n) is 15.7. The van der Waals surface area contributed by atoms with Gasteiger partial charge in [0.2, 0.25) is 0 Å². The smallest absolute Gasteiger partial charge is 0.119 e. The van der Waals surface area contributed by atoms with Crippen molar-refractivity contribution in [1.82, 2.24) is 0 Å². The summed E-state index contributed by atoms with van der Waals surface area (Å²) in [5.74, 6) is 0.839. The maximum atomic E-state index is 9.77. The molecule has 2 aromatic carbocycles. The van der Waals surface area contributed by atoms with Gasteiger partial charge < -0.3 is 5.11 Å². The van der Waals surface area contributed by atoms with Gasteiger partial charge in [0.15, 0.2) is 0 Å². The minimum atomic E-state index is 0.398. The van der Waals surface area contributed by atoms with Crippen LogP contribution >= 0.6 is 0 Å². The van der Waals surface area contributed by atoms with Crippen LogP contribution in [-0.2, 0) is 6.42 Å². The van der Waals surface area contributed by atoms with Gasteiger partial charge in [0.25, 0.3) is 0 Å². The van der Waals surface area contributed by atoms with Crippen molar-refractivity contribution in [2.24, 2.45) is 0 Å². The summed E-state index contributed by atoms with van der Waals surface area (Å²) in [4.78, 5) is 0. The highest BCUT2D eigenvalue weighted by molar-refractivity contribution is 5.38. The summed E-state index contributed by atoms with van der Waals surface area (Å²) in [5.41, 5.74) is 2.45. The van der Waals surface area contributed by atoms with Crippen LogP contribution in [0.3, 0.4) is 0 Å². The van der Waals surface area contributed by atoms with Gasteiger partial charge in [-0.05, 0) is 36.0 Å². The van der Waals surface area contributed by atoms with E-state index in [1.807, 2.05) is 42.5 Å². The summed E-state index contributed by atoms with van der Waals surface area (Å²) < 4.78 is 0. The van der Waals surface area contributed by atoms with E-state index in [-0.39, 0.29) is 0 Å². The number of phenols is 1. The van der Waals surface area contributed by atoms with Gasteiger partial charge in [0, 0.05) is 0 Å². The average molecular weight is 327 g/mol. The fourth-order valence-corrected chi connectivity index (χ4v) is 2.72. The number of hydrogen-bond donors (Lipinski definition) is 1. The largest absolute Gasteiger partial charge is 0.508 e. The number of hydrogen-bond acceptors (Lipinski definition) is 1. The molecule has 0 bridgehead atoms. The van der Waals surface area contributed by atoms with Gasteiger partial charge in [0.05, 0.1) is 0 Å². The number of phenolic OH excluding ortho intramolecular Hbond substituents is 1. The molecule has 2 rings (SSSR count). The maximum Gasteiger partial charge on any atom is 0.119 e. The van der Waals surface area contributed by atoms with Crippen molar-refractivity contribution >= 4 is 0 Å². The van der Waals surface area contributed by atoms with Gasteiger partial charge in [-0.15, -0.1) is 0 Å². The third-order valence-corrected chi connectivity index (χ3v) is 4.20. The van der Waals surface area contributed by atoms with Gasteiger partial charge in [-0.3, -0.25) is 0 Å². The summed E-state index contributed by atoms with van der Waals surface area (Å²) in [6.07, 6.45) is 9.18. The monoisotopic (exact) mass is 326 g/mol. The van der Waals surface area contributed by atoms with E-state index in [1.54, 1.807) is 0 Å². The lowest BCUT2D eigenvalue weighted by Crippen LogP contribution is -1.92. The molecule has 0 atom stereocenters. The SMILES string of the molecule is CCCCCCCCc1ccc(O)c(C(C)C)c1.c1ccccc1. The third kappa shape index (κ3) is 8.76. The van der Waals surface area contributed by atoms with Crippen molar-refractivity contribution in [3.8, 4) is 5.75 Å². The number of aromatic hydroxyl groups is 1. The maximum absolute atomic E-state index is 9.77. The molecule has 132 valence electrons. The first kappa shape index (κ1) is 20.3. The second kappa shape index (κ2) is 12.6. The molecule has 2 aromatic rings. The lowest BCUT2D eigenvalue weighted by molar-refractivity contribution is 0.464. The minimum absolute atomic E-state index is 0.398. The second-order valence-electron chi connectivity index (χ2n) is 6.72. The molecular formula is C23H34O. The first-order chi connectivity index (χ1) is 11.6. The van der Waals surface area contributed by atoms with Gasteiger partial charge in [-0.25, -0.2) is 0 Å². The first-order valence-corrected chi connectivity index (χ1v) is 9.47. The lowest BCUT2D eigenvalue weighted by Gasteiger charge is -2.10. The predicted octanol–water partition coefficient (Wildman–Crippen LogP) is 7.11. The Balaban J connectivity index is 0.000000400. The molecule has 1 heteroatoms. The zero-order valence-corrected chi connectivity index (χ0v) is 15.7. The molecule has 1 nitrogen and oxygen atoms in total. The van der Waals surface area contributed by atoms with Crippen LogP contribution in [0.4, 0.5) is 0 Å². The Hall–Kier alpha value is -1.76. The van der Waals surface area contributed by atoms with E-state index in [4.69, 9.17) is 0 Å². The highest BCUT2D eigenvalue weighted by Crippen LogP contribution is 2.26. The summed E-state index contributed by atoms with van der Waals surface area (Å²) >= 11 is 0. The number of aryl methyl sites for hydroxylation is 1. The van der Waals surface area contributed by atoms with E-state index in [0.29, 0.717) is 11.7 Å².